The summed E-state index contributed by atoms with van der Waals surface area (Å²) in [6.07, 6.45) is 0.708. The van der Waals surface area contributed by atoms with Crippen LogP contribution < -0.4 is 14.2 Å². The van der Waals surface area contributed by atoms with Crippen molar-refractivity contribution in [2.75, 3.05) is 20.8 Å². The van der Waals surface area contributed by atoms with Crippen molar-refractivity contribution >= 4 is 5.91 Å². The van der Waals surface area contributed by atoms with E-state index < -0.39 is 0 Å². The summed E-state index contributed by atoms with van der Waals surface area (Å²) in [5.41, 5.74) is 6.32. The molecular weight excluding hydrogens is 514 g/mol. The highest BCUT2D eigenvalue weighted by molar-refractivity contribution is 6.00. The second kappa shape index (κ2) is 11.6. The van der Waals surface area contributed by atoms with Gasteiger partial charge in [-0.15, -0.1) is 0 Å². The smallest absolute Gasteiger partial charge is 0.273 e. The van der Waals surface area contributed by atoms with Gasteiger partial charge in [0.05, 0.1) is 26.0 Å². The molecule has 206 valence electrons. The second-order valence-corrected chi connectivity index (χ2v) is 9.93. The SMILES string of the molecule is COc1ccc(CCN2C(=O)c3[nH]nc(-c4ccc(OC)cc4)c3C2c2ccc(OCc3ccccc3)cc2)cc1. The van der Waals surface area contributed by atoms with E-state index in [4.69, 9.17) is 14.2 Å². The number of fused-ring (bicyclic) bond motifs is 1. The van der Waals surface area contributed by atoms with E-state index >= 15 is 0 Å². The number of amides is 1. The number of carbonyl (C=O) groups excluding carboxylic acids is 1. The monoisotopic (exact) mass is 545 g/mol. The highest BCUT2D eigenvalue weighted by Gasteiger charge is 2.42. The van der Waals surface area contributed by atoms with Crippen molar-refractivity contribution in [3.05, 3.63) is 131 Å². The van der Waals surface area contributed by atoms with Gasteiger partial charge in [-0.2, -0.15) is 5.10 Å². The lowest BCUT2D eigenvalue weighted by Crippen LogP contribution is -2.31. The van der Waals surface area contributed by atoms with Gasteiger partial charge in [0.25, 0.3) is 5.91 Å². The number of benzene rings is 4. The molecule has 1 amide bonds. The summed E-state index contributed by atoms with van der Waals surface area (Å²) in [7, 11) is 3.30. The Kier molecular flexibility index (Phi) is 7.41. The first-order valence-corrected chi connectivity index (χ1v) is 13.6. The van der Waals surface area contributed by atoms with Crippen LogP contribution in [0, 0.1) is 0 Å². The van der Waals surface area contributed by atoms with Crippen molar-refractivity contribution < 1.29 is 19.0 Å². The molecule has 5 aromatic rings. The molecule has 1 unspecified atom stereocenters. The van der Waals surface area contributed by atoms with Crippen molar-refractivity contribution in [2.24, 2.45) is 0 Å². The van der Waals surface area contributed by atoms with Gasteiger partial charge in [-0.05, 0) is 71.6 Å². The molecule has 1 atom stereocenters. The van der Waals surface area contributed by atoms with Gasteiger partial charge in [0.1, 0.15) is 29.5 Å². The fourth-order valence-corrected chi connectivity index (χ4v) is 5.27. The van der Waals surface area contributed by atoms with Crippen LogP contribution >= 0.6 is 0 Å². The normalized spacial score (nSPS) is 14.1. The maximum absolute atomic E-state index is 13.8. The van der Waals surface area contributed by atoms with E-state index in [0.29, 0.717) is 25.3 Å². The summed E-state index contributed by atoms with van der Waals surface area (Å²) in [5.74, 6) is 2.29. The van der Waals surface area contributed by atoms with E-state index in [0.717, 1.165) is 50.8 Å². The van der Waals surface area contributed by atoms with Crippen molar-refractivity contribution in [1.82, 2.24) is 15.1 Å². The van der Waals surface area contributed by atoms with Gasteiger partial charge in [-0.1, -0.05) is 54.6 Å². The predicted molar refractivity (Wildman–Crippen MR) is 157 cm³/mol. The molecule has 0 saturated carbocycles. The zero-order valence-electron chi connectivity index (χ0n) is 23.0. The molecule has 0 bridgehead atoms. The van der Waals surface area contributed by atoms with Gasteiger partial charge < -0.3 is 19.1 Å². The summed E-state index contributed by atoms with van der Waals surface area (Å²) in [4.78, 5) is 15.7. The third-order valence-electron chi connectivity index (χ3n) is 7.47. The van der Waals surface area contributed by atoms with E-state index in [1.165, 1.54) is 0 Å². The van der Waals surface area contributed by atoms with Gasteiger partial charge in [0.15, 0.2) is 0 Å². The van der Waals surface area contributed by atoms with E-state index in [2.05, 4.69) is 10.2 Å². The van der Waals surface area contributed by atoms with Crippen LogP contribution in [-0.2, 0) is 13.0 Å². The topological polar surface area (TPSA) is 76.7 Å². The number of H-pyrrole nitrogens is 1. The number of carbonyl (C=O) groups is 1. The number of nitrogens with zero attached hydrogens (tertiary/aromatic N) is 2. The number of aromatic nitrogens is 2. The highest BCUT2D eigenvalue weighted by atomic mass is 16.5. The molecule has 1 aliphatic rings. The average Bonchev–Trinajstić information content (AvgIpc) is 3.58. The fourth-order valence-electron chi connectivity index (χ4n) is 5.27. The number of ether oxygens (including phenoxy) is 3. The Hall–Kier alpha value is -5.04. The standard InChI is InChI=1S/C34H31N3O4/c1-39-27-14-8-23(9-15-27)20-21-37-33(26-12-18-29(19-13-26)41-22-24-6-4-3-5-7-24)30-31(35-36-32(30)34(37)38)25-10-16-28(40-2)17-11-25/h3-19,33H,20-22H2,1-2H3,(H,35,36). The van der Waals surface area contributed by atoms with Gasteiger partial charge in [-0.3, -0.25) is 9.89 Å². The van der Waals surface area contributed by atoms with Crippen LogP contribution in [-0.4, -0.2) is 41.8 Å². The summed E-state index contributed by atoms with van der Waals surface area (Å²) >= 11 is 0. The zero-order chi connectivity index (χ0) is 28.2. The minimum Gasteiger partial charge on any atom is -0.497 e. The minimum atomic E-state index is -0.297. The van der Waals surface area contributed by atoms with E-state index in [1.54, 1.807) is 14.2 Å². The van der Waals surface area contributed by atoms with Crippen molar-refractivity contribution in [3.63, 3.8) is 0 Å². The number of aromatic amines is 1. The first-order chi connectivity index (χ1) is 20.1. The molecular formula is C34H31N3O4. The minimum absolute atomic E-state index is 0.0600. The number of hydrogen-bond acceptors (Lipinski definition) is 5. The molecule has 6 rings (SSSR count). The van der Waals surface area contributed by atoms with Crippen LogP contribution in [0.3, 0.4) is 0 Å². The van der Waals surface area contributed by atoms with Crippen LogP contribution in [0.25, 0.3) is 11.3 Å². The lowest BCUT2D eigenvalue weighted by Gasteiger charge is -2.26. The van der Waals surface area contributed by atoms with Crippen molar-refractivity contribution in [2.45, 2.75) is 19.1 Å². The quantitative estimate of drug-likeness (QED) is 0.218. The highest BCUT2D eigenvalue weighted by Crippen LogP contribution is 2.43. The van der Waals surface area contributed by atoms with Crippen LogP contribution in [0.4, 0.5) is 0 Å². The Bertz CT molecular complexity index is 1610. The number of hydrogen-bond donors (Lipinski definition) is 1. The molecule has 0 fully saturated rings. The van der Waals surface area contributed by atoms with Crippen molar-refractivity contribution in [3.8, 4) is 28.5 Å². The third-order valence-corrected chi connectivity index (χ3v) is 7.47. The zero-order valence-corrected chi connectivity index (χ0v) is 23.0. The fraction of sp³-hybridized carbons (Fsp3) is 0.176. The Morgan fingerprint density at radius 1 is 0.756 bits per heavy atom. The molecule has 0 radical (unpaired) electrons. The van der Waals surface area contributed by atoms with Gasteiger partial charge >= 0.3 is 0 Å². The molecule has 0 spiro atoms. The summed E-state index contributed by atoms with van der Waals surface area (Å²) < 4.78 is 16.7. The Labute approximate surface area is 239 Å². The van der Waals surface area contributed by atoms with Gasteiger partial charge in [0.2, 0.25) is 0 Å². The van der Waals surface area contributed by atoms with Crippen molar-refractivity contribution in [1.29, 1.82) is 0 Å². The van der Waals surface area contributed by atoms with Crippen LogP contribution in [0.15, 0.2) is 103 Å². The number of nitrogens with one attached hydrogen (secondary N) is 1. The van der Waals surface area contributed by atoms with E-state index in [-0.39, 0.29) is 11.9 Å². The molecule has 2 heterocycles. The first kappa shape index (κ1) is 26.2. The number of rotatable bonds is 10. The van der Waals surface area contributed by atoms with Crippen LogP contribution in [0.2, 0.25) is 0 Å². The molecule has 0 saturated heterocycles. The molecule has 0 aliphatic carbocycles. The molecule has 7 nitrogen and oxygen atoms in total. The van der Waals surface area contributed by atoms with E-state index in [1.807, 2.05) is 108 Å². The molecule has 41 heavy (non-hydrogen) atoms. The second-order valence-electron chi connectivity index (χ2n) is 9.93. The maximum Gasteiger partial charge on any atom is 0.273 e. The number of methoxy groups -OCH3 is 2. The molecule has 7 heteroatoms. The lowest BCUT2D eigenvalue weighted by atomic mass is 9.95. The molecule has 4 aromatic carbocycles. The van der Waals surface area contributed by atoms with Crippen LogP contribution in [0.5, 0.6) is 17.2 Å². The summed E-state index contributed by atoms with van der Waals surface area (Å²) in [6.45, 7) is 1.04. The summed E-state index contributed by atoms with van der Waals surface area (Å²) in [6, 6.07) is 33.5. The lowest BCUT2D eigenvalue weighted by molar-refractivity contribution is 0.0746. The third kappa shape index (κ3) is 5.39. The van der Waals surface area contributed by atoms with Gasteiger partial charge in [0, 0.05) is 17.7 Å². The Morgan fingerprint density at radius 2 is 1.39 bits per heavy atom. The average molecular weight is 546 g/mol. The Morgan fingerprint density at radius 3 is 2.05 bits per heavy atom. The first-order valence-electron chi connectivity index (χ1n) is 13.6. The van der Waals surface area contributed by atoms with Gasteiger partial charge in [-0.25, -0.2) is 0 Å². The van der Waals surface area contributed by atoms with Crippen LogP contribution in [0.1, 0.15) is 38.8 Å². The predicted octanol–water partition coefficient (Wildman–Crippen LogP) is 6.46. The Balaban J connectivity index is 1.31. The largest absolute Gasteiger partial charge is 0.497 e. The molecule has 1 aliphatic heterocycles. The summed E-state index contributed by atoms with van der Waals surface area (Å²) in [5, 5.41) is 7.63. The molecule has 1 aromatic heterocycles. The maximum atomic E-state index is 13.8. The molecule has 1 N–H and O–H groups in total. The van der Waals surface area contributed by atoms with E-state index in [9.17, 15) is 4.79 Å².